The molecule has 1 heterocycles. The van der Waals surface area contributed by atoms with Crippen molar-refractivity contribution in [3.8, 4) is 0 Å². The van der Waals surface area contributed by atoms with Crippen LogP contribution in [0.1, 0.15) is 48.7 Å². The first kappa shape index (κ1) is 13.0. The standard InChI is InChI=1S/C13H22N2OS/c1-16-8-7-14-9-12-10-17-13(15-12)11-5-3-2-4-6-11/h10-11,14H,2-9H2,1H3. The van der Waals surface area contributed by atoms with Crippen molar-refractivity contribution in [3.05, 3.63) is 16.1 Å². The van der Waals surface area contributed by atoms with E-state index in [9.17, 15) is 0 Å². The van der Waals surface area contributed by atoms with Gasteiger partial charge in [0.1, 0.15) is 0 Å². The van der Waals surface area contributed by atoms with E-state index in [2.05, 4.69) is 10.7 Å². The lowest BCUT2D eigenvalue weighted by molar-refractivity contribution is 0.199. The molecule has 4 heteroatoms. The normalized spacial score (nSPS) is 17.5. The van der Waals surface area contributed by atoms with Gasteiger partial charge < -0.3 is 10.1 Å². The summed E-state index contributed by atoms with van der Waals surface area (Å²) in [5, 5.41) is 6.89. The van der Waals surface area contributed by atoms with Crippen molar-refractivity contribution in [2.24, 2.45) is 0 Å². The van der Waals surface area contributed by atoms with Gasteiger partial charge >= 0.3 is 0 Å². The van der Waals surface area contributed by atoms with Crippen LogP contribution in [0.15, 0.2) is 5.38 Å². The summed E-state index contributed by atoms with van der Waals surface area (Å²) in [5.74, 6) is 0.737. The van der Waals surface area contributed by atoms with Crippen LogP contribution in [0.3, 0.4) is 0 Å². The maximum Gasteiger partial charge on any atom is 0.0959 e. The largest absolute Gasteiger partial charge is 0.383 e. The predicted octanol–water partition coefficient (Wildman–Crippen LogP) is 2.93. The Hall–Kier alpha value is -0.450. The van der Waals surface area contributed by atoms with Gasteiger partial charge in [0.2, 0.25) is 0 Å². The Bertz CT molecular complexity index is 321. The van der Waals surface area contributed by atoms with Gasteiger partial charge in [0, 0.05) is 31.5 Å². The molecule has 3 nitrogen and oxygen atoms in total. The smallest absolute Gasteiger partial charge is 0.0959 e. The van der Waals surface area contributed by atoms with Crippen LogP contribution in [-0.2, 0) is 11.3 Å². The van der Waals surface area contributed by atoms with Crippen LogP contribution in [0, 0.1) is 0 Å². The van der Waals surface area contributed by atoms with Gasteiger partial charge in [-0.05, 0) is 12.8 Å². The second-order valence-corrected chi connectivity index (χ2v) is 5.57. The van der Waals surface area contributed by atoms with E-state index in [1.165, 1.54) is 42.8 Å². The summed E-state index contributed by atoms with van der Waals surface area (Å²) in [6, 6.07) is 0. The third-order valence-corrected chi connectivity index (χ3v) is 4.37. The van der Waals surface area contributed by atoms with Crippen LogP contribution in [0.5, 0.6) is 0 Å². The van der Waals surface area contributed by atoms with Crippen LogP contribution >= 0.6 is 11.3 Å². The highest BCUT2D eigenvalue weighted by molar-refractivity contribution is 7.09. The average Bonchev–Trinajstić information content (AvgIpc) is 2.85. The van der Waals surface area contributed by atoms with E-state index in [0.717, 1.165) is 25.6 Å². The van der Waals surface area contributed by atoms with Gasteiger partial charge in [-0.25, -0.2) is 4.98 Å². The molecule has 1 aliphatic rings. The fourth-order valence-electron chi connectivity index (χ4n) is 2.33. The van der Waals surface area contributed by atoms with Gasteiger partial charge in [-0.3, -0.25) is 0 Å². The summed E-state index contributed by atoms with van der Waals surface area (Å²) in [6.07, 6.45) is 6.85. The van der Waals surface area contributed by atoms with E-state index < -0.39 is 0 Å². The van der Waals surface area contributed by atoms with Crippen molar-refractivity contribution >= 4 is 11.3 Å². The van der Waals surface area contributed by atoms with E-state index in [1.807, 2.05) is 11.3 Å². The number of hydrogen-bond donors (Lipinski definition) is 1. The molecule has 1 saturated carbocycles. The molecule has 1 aliphatic carbocycles. The third kappa shape index (κ3) is 4.05. The number of aromatic nitrogens is 1. The molecular formula is C13H22N2OS. The number of methoxy groups -OCH3 is 1. The Kier molecular flexibility index (Phi) is 5.42. The van der Waals surface area contributed by atoms with E-state index in [1.54, 1.807) is 7.11 Å². The van der Waals surface area contributed by atoms with Gasteiger partial charge in [-0.2, -0.15) is 0 Å². The maximum atomic E-state index is 5.00. The summed E-state index contributed by atoms with van der Waals surface area (Å²) in [6.45, 7) is 2.53. The molecule has 0 bridgehead atoms. The maximum absolute atomic E-state index is 5.00. The summed E-state index contributed by atoms with van der Waals surface area (Å²) in [4.78, 5) is 4.75. The number of hydrogen-bond acceptors (Lipinski definition) is 4. The fourth-order valence-corrected chi connectivity index (χ4v) is 3.32. The lowest BCUT2D eigenvalue weighted by atomic mass is 9.90. The van der Waals surface area contributed by atoms with Gasteiger partial charge in [0.25, 0.3) is 0 Å². The summed E-state index contributed by atoms with van der Waals surface area (Å²) >= 11 is 1.84. The Balaban J connectivity index is 1.78. The highest BCUT2D eigenvalue weighted by Crippen LogP contribution is 2.34. The van der Waals surface area contributed by atoms with Crippen LogP contribution in [0.2, 0.25) is 0 Å². The molecule has 1 fully saturated rings. The van der Waals surface area contributed by atoms with Gasteiger partial charge in [0.15, 0.2) is 0 Å². The first-order valence-electron chi connectivity index (χ1n) is 6.54. The summed E-state index contributed by atoms with van der Waals surface area (Å²) in [5.41, 5.74) is 1.19. The minimum atomic E-state index is 0.737. The molecule has 1 aromatic rings. The minimum absolute atomic E-state index is 0.737. The molecule has 0 aromatic carbocycles. The van der Waals surface area contributed by atoms with Crippen molar-refractivity contribution in [1.29, 1.82) is 0 Å². The van der Waals surface area contributed by atoms with E-state index in [0.29, 0.717) is 0 Å². The van der Waals surface area contributed by atoms with E-state index >= 15 is 0 Å². The van der Waals surface area contributed by atoms with Crippen LogP contribution in [0.4, 0.5) is 0 Å². The minimum Gasteiger partial charge on any atom is -0.383 e. The first-order valence-corrected chi connectivity index (χ1v) is 7.42. The monoisotopic (exact) mass is 254 g/mol. The SMILES string of the molecule is COCCNCc1csc(C2CCCCC2)n1. The van der Waals surface area contributed by atoms with Crippen molar-refractivity contribution in [2.45, 2.75) is 44.6 Å². The zero-order valence-corrected chi connectivity index (χ0v) is 11.4. The summed E-state index contributed by atoms with van der Waals surface area (Å²) in [7, 11) is 1.73. The van der Waals surface area contributed by atoms with E-state index in [-0.39, 0.29) is 0 Å². The highest BCUT2D eigenvalue weighted by atomic mass is 32.1. The van der Waals surface area contributed by atoms with E-state index in [4.69, 9.17) is 9.72 Å². The zero-order chi connectivity index (χ0) is 11.9. The second-order valence-electron chi connectivity index (χ2n) is 4.68. The van der Waals surface area contributed by atoms with Crippen LogP contribution in [-0.4, -0.2) is 25.2 Å². The van der Waals surface area contributed by atoms with Gasteiger partial charge in [-0.15, -0.1) is 11.3 Å². The number of nitrogens with zero attached hydrogens (tertiary/aromatic N) is 1. The van der Waals surface area contributed by atoms with Crippen LogP contribution < -0.4 is 5.32 Å². The quantitative estimate of drug-likeness (QED) is 0.793. The molecule has 0 amide bonds. The first-order chi connectivity index (χ1) is 8.40. The number of thiazole rings is 1. The number of nitrogens with one attached hydrogen (secondary N) is 1. The van der Waals surface area contributed by atoms with Crippen LogP contribution in [0.25, 0.3) is 0 Å². The Labute approximate surface area is 108 Å². The number of ether oxygens (including phenoxy) is 1. The lowest BCUT2D eigenvalue weighted by Crippen LogP contribution is -2.18. The molecule has 0 saturated heterocycles. The van der Waals surface area contributed by atoms with Crippen molar-refractivity contribution in [3.63, 3.8) is 0 Å². The Morgan fingerprint density at radius 1 is 1.41 bits per heavy atom. The molecule has 0 unspecified atom stereocenters. The molecule has 0 spiro atoms. The van der Waals surface area contributed by atoms with Gasteiger partial charge in [-0.1, -0.05) is 19.3 Å². The Morgan fingerprint density at radius 3 is 3.00 bits per heavy atom. The van der Waals surface area contributed by atoms with Crippen molar-refractivity contribution < 1.29 is 4.74 Å². The molecule has 17 heavy (non-hydrogen) atoms. The van der Waals surface area contributed by atoms with Gasteiger partial charge in [0.05, 0.1) is 17.3 Å². The lowest BCUT2D eigenvalue weighted by Gasteiger charge is -2.18. The fraction of sp³-hybridized carbons (Fsp3) is 0.769. The third-order valence-electron chi connectivity index (χ3n) is 3.31. The highest BCUT2D eigenvalue weighted by Gasteiger charge is 2.18. The molecule has 0 aliphatic heterocycles. The number of rotatable bonds is 6. The molecular weight excluding hydrogens is 232 g/mol. The van der Waals surface area contributed by atoms with Crippen molar-refractivity contribution in [2.75, 3.05) is 20.3 Å². The molecule has 1 aromatic heterocycles. The molecule has 0 atom stereocenters. The predicted molar refractivity (Wildman–Crippen MR) is 71.5 cm³/mol. The van der Waals surface area contributed by atoms with Crippen molar-refractivity contribution in [1.82, 2.24) is 10.3 Å². The molecule has 1 N–H and O–H groups in total. The molecule has 0 radical (unpaired) electrons. The molecule has 2 rings (SSSR count). The zero-order valence-electron chi connectivity index (χ0n) is 10.6. The topological polar surface area (TPSA) is 34.1 Å². The average molecular weight is 254 g/mol. The Morgan fingerprint density at radius 2 is 2.24 bits per heavy atom. The molecule has 96 valence electrons. The second kappa shape index (κ2) is 7.09. The summed E-state index contributed by atoms with van der Waals surface area (Å²) < 4.78 is 5.00.